The third kappa shape index (κ3) is 4.95. The highest BCUT2D eigenvalue weighted by molar-refractivity contribution is 5.99. The van der Waals surface area contributed by atoms with E-state index in [1.54, 1.807) is 0 Å². The van der Waals surface area contributed by atoms with Crippen molar-refractivity contribution in [3.8, 4) is 0 Å². The van der Waals surface area contributed by atoms with Crippen molar-refractivity contribution < 1.29 is 19.1 Å². The molecule has 1 rings (SSSR count). The van der Waals surface area contributed by atoms with Crippen LogP contribution in [0.5, 0.6) is 0 Å². The van der Waals surface area contributed by atoms with Crippen LogP contribution >= 0.6 is 0 Å². The average Bonchev–Trinajstić information content (AvgIpc) is 2.36. The van der Waals surface area contributed by atoms with Gasteiger partial charge in [-0.3, -0.25) is 9.59 Å². The second kappa shape index (κ2) is 6.72. The van der Waals surface area contributed by atoms with E-state index in [0.29, 0.717) is 13.0 Å². The number of rotatable bonds is 6. The number of halogens is 1. The Bertz CT molecular complexity index is 477. The van der Waals surface area contributed by atoms with Crippen molar-refractivity contribution in [2.45, 2.75) is 19.8 Å². The zero-order chi connectivity index (χ0) is 14.4. The molecule has 1 aromatic rings. The largest absolute Gasteiger partial charge is 0.481 e. The number of benzene rings is 1. The van der Waals surface area contributed by atoms with Gasteiger partial charge in [-0.15, -0.1) is 0 Å². The van der Waals surface area contributed by atoms with Crippen molar-refractivity contribution in [2.24, 2.45) is 5.92 Å². The third-order valence-corrected chi connectivity index (χ3v) is 2.72. The minimum Gasteiger partial charge on any atom is -0.481 e. The quantitative estimate of drug-likeness (QED) is 0.684. The van der Waals surface area contributed by atoms with E-state index < -0.39 is 17.7 Å². The average molecular weight is 268 g/mol. The molecule has 0 spiro atoms. The Hall–Kier alpha value is -2.11. The SMILES string of the molecule is CC(CCC(=O)O)CNC(=O)c1cc(F)ccc1N. The highest BCUT2D eigenvalue weighted by Crippen LogP contribution is 2.13. The van der Waals surface area contributed by atoms with Gasteiger partial charge in [0.15, 0.2) is 0 Å². The van der Waals surface area contributed by atoms with E-state index in [-0.39, 0.29) is 23.6 Å². The van der Waals surface area contributed by atoms with Crippen molar-refractivity contribution in [3.05, 3.63) is 29.6 Å². The zero-order valence-electron chi connectivity index (χ0n) is 10.6. The number of nitrogen functional groups attached to an aromatic ring is 1. The van der Waals surface area contributed by atoms with E-state index in [1.165, 1.54) is 12.1 Å². The lowest BCUT2D eigenvalue weighted by Crippen LogP contribution is -2.29. The third-order valence-electron chi connectivity index (χ3n) is 2.72. The molecule has 0 aliphatic heterocycles. The molecule has 1 atom stereocenters. The first kappa shape index (κ1) is 14.9. The fraction of sp³-hybridized carbons (Fsp3) is 0.385. The van der Waals surface area contributed by atoms with Crippen molar-refractivity contribution in [1.82, 2.24) is 5.32 Å². The van der Waals surface area contributed by atoms with E-state index in [1.807, 2.05) is 6.92 Å². The molecule has 1 aromatic carbocycles. The fourth-order valence-corrected chi connectivity index (χ4v) is 1.56. The van der Waals surface area contributed by atoms with Crippen molar-refractivity contribution in [2.75, 3.05) is 12.3 Å². The molecular formula is C13H17FN2O3. The number of amides is 1. The first-order valence-electron chi connectivity index (χ1n) is 5.95. The van der Waals surface area contributed by atoms with Gasteiger partial charge in [-0.25, -0.2) is 4.39 Å². The van der Waals surface area contributed by atoms with Crippen LogP contribution in [0.1, 0.15) is 30.1 Å². The lowest BCUT2D eigenvalue weighted by atomic mass is 10.1. The van der Waals surface area contributed by atoms with Crippen LogP contribution in [0.4, 0.5) is 10.1 Å². The van der Waals surface area contributed by atoms with Gasteiger partial charge in [-0.1, -0.05) is 6.92 Å². The van der Waals surface area contributed by atoms with E-state index in [2.05, 4.69) is 5.32 Å². The van der Waals surface area contributed by atoms with Crippen LogP contribution in [0.3, 0.4) is 0 Å². The summed E-state index contributed by atoms with van der Waals surface area (Å²) < 4.78 is 13.0. The van der Waals surface area contributed by atoms with Crippen molar-refractivity contribution in [1.29, 1.82) is 0 Å². The summed E-state index contributed by atoms with van der Waals surface area (Å²) >= 11 is 0. The summed E-state index contributed by atoms with van der Waals surface area (Å²) in [6.07, 6.45) is 0.521. The van der Waals surface area contributed by atoms with Crippen LogP contribution < -0.4 is 11.1 Å². The van der Waals surface area contributed by atoms with Crippen LogP contribution in [0.2, 0.25) is 0 Å². The Kier molecular flexibility index (Phi) is 5.29. The Morgan fingerprint density at radius 2 is 2.16 bits per heavy atom. The second-order valence-electron chi connectivity index (χ2n) is 4.48. The summed E-state index contributed by atoms with van der Waals surface area (Å²) in [4.78, 5) is 22.2. The van der Waals surface area contributed by atoms with Crippen LogP contribution in [-0.2, 0) is 4.79 Å². The molecule has 104 valence electrons. The summed E-state index contributed by atoms with van der Waals surface area (Å²) in [5.74, 6) is -1.83. The molecule has 0 aromatic heterocycles. The molecule has 0 fully saturated rings. The number of hydrogen-bond acceptors (Lipinski definition) is 3. The highest BCUT2D eigenvalue weighted by Gasteiger charge is 2.12. The Morgan fingerprint density at radius 3 is 2.79 bits per heavy atom. The molecule has 5 nitrogen and oxygen atoms in total. The van der Waals surface area contributed by atoms with Gasteiger partial charge in [0.25, 0.3) is 5.91 Å². The van der Waals surface area contributed by atoms with Crippen LogP contribution in [0.25, 0.3) is 0 Å². The molecule has 0 saturated carbocycles. The van der Waals surface area contributed by atoms with Gasteiger partial charge in [-0.2, -0.15) is 0 Å². The lowest BCUT2D eigenvalue weighted by Gasteiger charge is -2.12. The van der Waals surface area contributed by atoms with Gasteiger partial charge in [-0.05, 0) is 30.5 Å². The topological polar surface area (TPSA) is 92.4 Å². The number of hydrogen-bond donors (Lipinski definition) is 3. The summed E-state index contributed by atoms with van der Waals surface area (Å²) in [5.41, 5.74) is 5.88. The summed E-state index contributed by atoms with van der Waals surface area (Å²) in [7, 11) is 0. The van der Waals surface area contributed by atoms with Gasteiger partial charge >= 0.3 is 5.97 Å². The standard InChI is InChI=1S/C13H17FN2O3/c1-8(2-5-12(17)18)7-16-13(19)10-6-9(14)3-4-11(10)15/h3-4,6,8H,2,5,7,15H2,1H3,(H,16,19)(H,17,18). The monoisotopic (exact) mass is 268 g/mol. The summed E-state index contributed by atoms with van der Waals surface area (Å²) in [6, 6.07) is 3.59. The highest BCUT2D eigenvalue weighted by atomic mass is 19.1. The minimum absolute atomic E-state index is 0.0230. The molecule has 0 aliphatic rings. The second-order valence-corrected chi connectivity index (χ2v) is 4.48. The molecule has 1 amide bonds. The zero-order valence-corrected chi connectivity index (χ0v) is 10.6. The molecular weight excluding hydrogens is 251 g/mol. The van der Waals surface area contributed by atoms with Gasteiger partial charge in [0.05, 0.1) is 5.56 Å². The van der Waals surface area contributed by atoms with Gasteiger partial charge in [0.2, 0.25) is 0 Å². The van der Waals surface area contributed by atoms with E-state index in [9.17, 15) is 14.0 Å². The molecule has 0 radical (unpaired) electrons. The first-order valence-corrected chi connectivity index (χ1v) is 5.95. The van der Waals surface area contributed by atoms with Gasteiger partial charge in [0, 0.05) is 18.7 Å². The van der Waals surface area contributed by atoms with Crippen LogP contribution in [-0.4, -0.2) is 23.5 Å². The van der Waals surface area contributed by atoms with Crippen LogP contribution in [0.15, 0.2) is 18.2 Å². The fourth-order valence-electron chi connectivity index (χ4n) is 1.56. The number of anilines is 1. The van der Waals surface area contributed by atoms with Crippen LogP contribution in [0, 0.1) is 11.7 Å². The predicted molar refractivity (Wildman–Crippen MR) is 69.2 cm³/mol. The summed E-state index contributed by atoms with van der Waals surface area (Å²) in [6.45, 7) is 2.15. The van der Waals surface area contributed by atoms with Gasteiger partial charge < -0.3 is 16.2 Å². The number of carbonyl (C=O) groups is 2. The van der Waals surface area contributed by atoms with Crippen molar-refractivity contribution in [3.63, 3.8) is 0 Å². The first-order chi connectivity index (χ1) is 8.90. The maximum absolute atomic E-state index is 13.0. The van der Waals surface area contributed by atoms with Crippen molar-refractivity contribution >= 4 is 17.6 Å². The van der Waals surface area contributed by atoms with Gasteiger partial charge in [0.1, 0.15) is 5.82 Å². The maximum Gasteiger partial charge on any atom is 0.303 e. The van der Waals surface area contributed by atoms with E-state index >= 15 is 0 Å². The Morgan fingerprint density at radius 1 is 1.47 bits per heavy atom. The molecule has 0 aliphatic carbocycles. The molecule has 0 bridgehead atoms. The predicted octanol–water partition coefficient (Wildman–Crippen LogP) is 1.64. The lowest BCUT2D eigenvalue weighted by molar-refractivity contribution is -0.137. The molecule has 4 N–H and O–H groups in total. The number of carboxylic acids is 1. The minimum atomic E-state index is -0.868. The number of carbonyl (C=O) groups excluding carboxylic acids is 1. The molecule has 0 saturated heterocycles. The Labute approximate surface area is 110 Å². The molecule has 1 unspecified atom stereocenters. The molecule has 6 heteroatoms. The maximum atomic E-state index is 13.0. The number of nitrogens with two attached hydrogens (primary N) is 1. The number of aliphatic carboxylic acids is 1. The molecule has 0 heterocycles. The smallest absolute Gasteiger partial charge is 0.303 e. The Balaban J connectivity index is 2.51. The van der Waals surface area contributed by atoms with E-state index in [4.69, 9.17) is 10.8 Å². The number of carboxylic acid groups (broad SMARTS) is 1. The normalized spacial score (nSPS) is 11.9. The number of nitrogens with one attached hydrogen (secondary N) is 1. The summed E-state index contributed by atoms with van der Waals surface area (Å²) in [5, 5.41) is 11.2. The van der Waals surface area contributed by atoms with E-state index in [0.717, 1.165) is 6.07 Å². The molecule has 19 heavy (non-hydrogen) atoms.